The Labute approximate surface area is 116 Å². The Morgan fingerprint density at radius 2 is 2.11 bits per heavy atom. The molecule has 2 rings (SSSR count). The summed E-state index contributed by atoms with van der Waals surface area (Å²) >= 11 is 0. The largest absolute Gasteiger partial charge is 0.392 e. The molecule has 106 valence electrons. The Hall–Kier alpha value is -0.900. The van der Waals surface area contributed by atoms with Crippen LogP contribution in [0.4, 0.5) is 0 Å². The summed E-state index contributed by atoms with van der Waals surface area (Å²) in [5, 5.41) is 13.1. The molecule has 3 heteroatoms. The van der Waals surface area contributed by atoms with E-state index in [2.05, 4.69) is 41.4 Å². The zero-order chi connectivity index (χ0) is 13.7. The minimum atomic E-state index is -0.124. The molecule has 2 unspecified atom stereocenters. The monoisotopic (exact) mass is 262 g/mol. The summed E-state index contributed by atoms with van der Waals surface area (Å²) in [6.07, 6.45) is 3.05. The van der Waals surface area contributed by atoms with Gasteiger partial charge in [0.2, 0.25) is 0 Å². The number of hydrogen-bond acceptors (Lipinski definition) is 3. The lowest BCUT2D eigenvalue weighted by atomic mass is 10.0. The maximum absolute atomic E-state index is 9.69. The molecule has 1 aromatic rings. The maximum atomic E-state index is 9.69. The van der Waals surface area contributed by atoms with Gasteiger partial charge in [-0.15, -0.1) is 0 Å². The van der Waals surface area contributed by atoms with Crippen molar-refractivity contribution in [3.63, 3.8) is 0 Å². The van der Waals surface area contributed by atoms with E-state index in [4.69, 9.17) is 0 Å². The Bertz CT molecular complexity index is 377. The van der Waals surface area contributed by atoms with Crippen LogP contribution >= 0.6 is 0 Å². The van der Waals surface area contributed by atoms with Crippen LogP contribution in [-0.4, -0.2) is 42.8 Å². The molecule has 0 bridgehead atoms. The van der Waals surface area contributed by atoms with Gasteiger partial charge in [-0.1, -0.05) is 29.8 Å². The van der Waals surface area contributed by atoms with E-state index in [1.54, 1.807) is 0 Å². The van der Waals surface area contributed by atoms with Crippen LogP contribution in [0.15, 0.2) is 24.3 Å². The summed E-state index contributed by atoms with van der Waals surface area (Å²) in [7, 11) is 2.02. The fourth-order valence-corrected chi connectivity index (χ4v) is 2.82. The predicted octanol–water partition coefficient (Wildman–Crippen LogP) is 2.10. The van der Waals surface area contributed by atoms with E-state index < -0.39 is 0 Å². The van der Waals surface area contributed by atoms with Crippen LogP contribution in [0.25, 0.3) is 0 Å². The second kappa shape index (κ2) is 7.04. The lowest BCUT2D eigenvalue weighted by Crippen LogP contribution is -2.39. The van der Waals surface area contributed by atoms with Crippen LogP contribution in [-0.2, 0) is 0 Å². The molecule has 0 aliphatic carbocycles. The van der Waals surface area contributed by atoms with Gasteiger partial charge in [-0.05, 0) is 45.3 Å². The summed E-state index contributed by atoms with van der Waals surface area (Å²) in [5.41, 5.74) is 2.66. The zero-order valence-electron chi connectivity index (χ0n) is 12.1. The van der Waals surface area contributed by atoms with Gasteiger partial charge in [0.1, 0.15) is 0 Å². The number of β-amino-alcohol motifs (C(OH)–C–C–N with tert-alkyl or cyclic N) is 1. The molecule has 2 atom stereocenters. The van der Waals surface area contributed by atoms with Crippen LogP contribution in [0.2, 0.25) is 0 Å². The van der Waals surface area contributed by atoms with Gasteiger partial charge in [-0.25, -0.2) is 0 Å². The van der Waals surface area contributed by atoms with E-state index in [9.17, 15) is 5.11 Å². The number of hydrogen-bond donors (Lipinski definition) is 2. The number of nitrogens with zero attached hydrogens (tertiary/aromatic N) is 1. The van der Waals surface area contributed by atoms with Crippen molar-refractivity contribution in [3.05, 3.63) is 35.4 Å². The third-order valence-electron chi connectivity index (χ3n) is 4.04. The van der Waals surface area contributed by atoms with E-state index in [1.165, 1.54) is 11.1 Å². The molecule has 1 aliphatic rings. The lowest BCUT2D eigenvalue weighted by molar-refractivity contribution is 0.0687. The van der Waals surface area contributed by atoms with Crippen molar-refractivity contribution in [2.45, 2.75) is 38.3 Å². The number of aliphatic hydroxyl groups is 1. The SMILES string of the molecule is CNC(CCN1CCCC(O)C1)c1ccc(C)cc1. The molecule has 0 spiro atoms. The molecule has 1 aromatic carbocycles. The van der Waals surface area contributed by atoms with E-state index in [-0.39, 0.29) is 6.10 Å². The molecule has 0 radical (unpaired) electrons. The Balaban J connectivity index is 1.87. The van der Waals surface area contributed by atoms with E-state index in [1.807, 2.05) is 7.05 Å². The third kappa shape index (κ3) is 4.30. The summed E-state index contributed by atoms with van der Waals surface area (Å²) in [6.45, 7) is 5.13. The molecule has 1 aliphatic heterocycles. The molecule has 19 heavy (non-hydrogen) atoms. The molecule has 0 saturated carbocycles. The van der Waals surface area contributed by atoms with E-state index >= 15 is 0 Å². The normalized spacial score (nSPS) is 22.4. The summed E-state index contributed by atoms with van der Waals surface area (Å²) in [6, 6.07) is 9.16. The van der Waals surface area contributed by atoms with Gasteiger partial charge in [0, 0.05) is 19.1 Å². The average Bonchev–Trinajstić information content (AvgIpc) is 2.41. The smallest absolute Gasteiger partial charge is 0.0667 e. The number of benzene rings is 1. The average molecular weight is 262 g/mol. The van der Waals surface area contributed by atoms with Crippen LogP contribution in [0.5, 0.6) is 0 Å². The molecule has 0 aromatic heterocycles. The van der Waals surface area contributed by atoms with Gasteiger partial charge in [0.05, 0.1) is 6.10 Å². The van der Waals surface area contributed by atoms with Gasteiger partial charge in [-0.3, -0.25) is 0 Å². The number of aliphatic hydroxyl groups excluding tert-OH is 1. The molecule has 2 N–H and O–H groups in total. The number of aryl methyl sites for hydroxylation is 1. The fraction of sp³-hybridized carbons (Fsp3) is 0.625. The molecular weight excluding hydrogens is 236 g/mol. The van der Waals surface area contributed by atoms with Crippen molar-refractivity contribution in [1.82, 2.24) is 10.2 Å². The molecule has 0 amide bonds. The molecular formula is C16H26N2O. The highest BCUT2D eigenvalue weighted by Crippen LogP contribution is 2.19. The van der Waals surface area contributed by atoms with Crippen molar-refractivity contribution in [3.8, 4) is 0 Å². The number of rotatable bonds is 5. The quantitative estimate of drug-likeness (QED) is 0.853. The minimum absolute atomic E-state index is 0.124. The topological polar surface area (TPSA) is 35.5 Å². The highest BCUT2D eigenvalue weighted by molar-refractivity contribution is 5.24. The standard InChI is InChI=1S/C16H26N2O/c1-13-5-7-14(8-6-13)16(17-2)9-11-18-10-3-4-15(19)12-18/h5-8,15-17,19H,3-4,9-12H2,1-2H3. The lowest BCUT2D eigenvalue weighted by Gasteiger charge is -2.31. The highest BCUT2D eigenvalue weighted by atomic mass is 16.3. The molecule has 3 nitrogen and oxygen atoms in total. The first kappa shape index (κ1) is 14.5. The third-order valence-corrected chi connectivity index (χ3v) is 4.04. The van der Waals surface area contributed by atoms with Gasteiger partial charge in [0.15, 0.2) is 0 Å². The molecule has 1 heterocycles. The number of nitrogens with one attached hydrogen (secondary N) is 1. The van der Waals surface area contributed by atoms with Crippen molar-refractivity contribution in [2.24, 2.45) is 0 Å². The van der Waals surface area contributed by atoms with E-state index in [0.29, 0.717) is 6.04 Å². The number of piperidine rings is 1. The highest BCUT2D eigenvalue weighted by Gasteiger charge is 2.18. The van der Waals surface area contributed by atoms with Crippen LogP contribution in [0.1, 0.15) is 36.4 Å². The Morgan fingerprint density at radius 1 is 1.37 bits per heavy atom. The first-order chi connectivity index (χ1) is 9.19. The Morgan fingerprint density at radius 3 is 2.74 bits per heavy atom. The summed E-state index contributed by atoms with van der Waals surface area (Å²) in [4.78, 5) is 2.38. The van der Waals surface area contributed by atoms with Gasteiger partial charge < -0.3 is 15.3 Å². The van der Waals surface area contributed by atoms with Gasteiger partial charge >= 0.3 is 0 Å². The van der Waals surface area contributed by atoms with Crippen LogP contribution in [0, 0.1) is 6.92 Å². The maximum Gasteiger partial charge on any atom is 0.0667 e. The second-order valence-electron chi connectivity index (χ2n) is 5.64. The second-order valence-corrected chi connectivity index (χ2v) is 5.64. The molecule has 1 fully saturated rings. The van der Waals surface area contributed by atoms with Crippen LogP contribution < -0.4 is 5.32 Å². The van der Waals surface area contributed by atoms with Gasteiger partial charge in [-0.2, -0.15) is 0 Å². The Kier molecular flexibility index (Phi) is 5.37. The van der Waals surface area contributed by atoms with Crippen LogP contribution in [0.3, 0.4) is 0 Å². The molecule has 1 saturated heterocycles. The predicted molar refractivity (Wildman–Crippen MR) is 79.3 cm³/mol. The fourth-order valence-electron chi connectivity index (χ4n) is 2.82. The van der Waals surface area contributed by atoms with Crippen molar-refractivity contribution in [2.75, 3.05) is 26.7 Å². The van der Waals surface area contributed by atoms with Crippen molar-refractivity contribution < 1.29 is 5.11 Å². The first-order valence-corrected chi connectivity index (χ1v) is 7.33. The van der Waals surface area contributed by atoms with Gasteiger partial charge in [0.25, 0.3) is 0 Å². The minimum Gasteiger partial charge on any atom is -0.392 e. The van der Waals surface area contributed by atoms with Crippen molar-refractivity contribution >= 4 is 0 Å². The summed E-state index contributed by atoms with van der Waals surface area (Å²) < 4.78 is 0. The number of likely N-dealkylation sites (tertiary alicyclic amines) is 1. The summed E-state index contributed by atoms with van der Waals surface area (Å²) in [5.74, 6) is 0. The zero-order valence-corrected chi connectivity index (χ0v) is 12.1. The van der Waals surface area contributed by atoms with E-state index in [0.717, 1.165) is 38.9 Å². The van der Waals surface area contributed by atoms with Crippen molar-refractivity contribution in [1.29, 1.82) is 0 Å². The first-order valence-electron chi connectivity index (χ1n) is 7.33.